The van der Waals surface area contributed by atoms with E-state index in [1.165, 1.54) is 17.8 Å². The number of aliphatic hydroxyl groups is 1. The van der Waals surface area contributed by atoms with Crippen molar-refractivity contribution in [1.29, 1.82) is 0 Å². The van der Waals surface area contributed by atoms with Gasteiger partial charge in [-0.2, -0.15) is 0 Å². The number of aromatic nitrogens is 1. The van der Waals surface area contributed by atoms with E-state index in [4.69, 9.17) is 4.74 Å². The van der Waals surface area contributed by atoms with Crippen LogP contribution in [0, 0.1) is 0 Å². The molecule has 2 heterocycles. The molecule has 4 nitrogen and oxygen atoms in total. The number of nitrogens with zero attached hydrogens (tertiary/aromatic N) is 1. The Morgan fingerprint density at radius 2 is 2.38 bits per heavy atom. The first-order valence-electron chi connectivity index (χ1n) is 5.76. The molecule has 0 amide bonds. The minimum atomic E-state index is -0.374. The third-order valence-electron chi connectivity index (χ3n) is 3.09. The van der Waals surface area contributed by atoms with Crippen molar-refractivity contribution in [3.8, 4) is 0 Å². The summed E-state index contributed by atoms with van der Waals surface area (Å²) in [5, 5.41) is 16.2. The molecule has 5 heteroatoms. The van der Waals surface area contributed by atoms with Crippen molar-refractivity contribution < 1.29 is 9.84 Å². The summed E-state index contributed by atoms with van der Waals surface area (Å²) in [4.78, 5) is 4.59. The summed E-state index contributed by atoms with van der Waals surface area (Å²) in [7, 11) is 0. The van der Waals surface area contributed by atoms with Crippen molar-refractivity contribution in [1.82, 2.24) is 10.3 Å². The van der Waals surface area contributed by atoms with Gasteiger partial charge in [0.2, 0.25) is 0 Å². The minimum Gasteiger partial charge on any atom is -0.389 e. The molecule has 0 spiro atoms. The Hall–Kier alpha value is -0.490. The number of rotatable bonds is 4. The van der Waals surface area contributed by atoms with Gasteiger partial charge < -0.3 is 15.2 Å². The fourth-order valence-corrected chi connectivity index (χ4v) is 2.89. The normalized spacial score (nSPS) is 29.8. The second-order valence-corrected chi connectivity index (χ2v) is 5.43. The Kier molecular flexibility index (Phi) is 2.93. The molecule has 2 fully saturated rings. The Morgan fingerprint density at radius 1 is 1.50 bits per heavy atom. The molecule has 2 unspecified atom stereocenters. The maximum absolute atomic E-state index is 9.57. The van der Waals surface area contributed by atoms with E-state index in [0.29, 0.717) is 13.2 Å². The lowest BCUT2D eigenvalue weighted by atomic mass is 10.2. The van der Waals surface area contributed by atoms with Crippen LogP contribution in [0.4, 0.5) is 0 Å². The fourth-order valence-electron chi connectivity index (χ4n) is 1.90. The molecule has 2 N–H and O–H groups in total. The predicted molar refractivity (Wildman–Crippen MR) is 61.5 cm³/mol. The van der Waals surface area contributed by atoms with Crippen molar-refractivity contribution >= 4 is 11.3 Å². The van der Waals surface area contributed by atoms with Gasteiger partial charge in [0.15, 0.2) is 0 Å². The van der Waals surface area contributed by atoms with Gasteiger partial charge in [-0.05, 0) is 12.8 Å². The third kappa shape index (κ3) is 2.27. The van der Waals surface area contributed by atoms with E-state index in [-0.39, 0.29) is 12.1 Å². The quantitative estimate of drug-likeness (QED) is 0.820. The highest BCUT2D eigenvalue weighted by Crippen LogP contribution is 2.41. The monoisotopic (exact) mass is 240 g/mol. The summed E-state index contributed by atoms with van der Waals surface area (Å²) >= 11 is 1.76. The second-order valence-electron chi connectivity index (χ2n) is 4.54. The zero-order valence-electron chi connectivity index (χ0n) is 9.06. The van der Waals surface area contributed by atoms with E-state index < -0.39 is 0 Å². The van der Waals surface area contributed by atoms with Crippen LogP contribution in [0.3, 0.4) is 0 Å². The molecule has 0 aromatic carbocycles. The van der Waals surface area contributed by atoms with Gasteiger partial charge in [-0.3, -0.25) is 0 Å². The number of thiazole rings is 1. The average molecular weight is 240 g/mol. The summed E-state index contributed by atoms with van der Waals surface area (Å²) in [6.07, 6.45) is 2.23. The smallest absolute Gasteiger partial charge is 0.0959 e. The third-order valence-corrected chi connectivity index (χ3v) is 4.15. The Morgan fingerprint density at radius 3 is 3.06 bits per heavy atom. The van der Waals surface area contributed by atoms with Crippen molar-refractivity contribution in [2.75, 3.05) is 13.2 Å². The largest absolute Gasteiger partial charge is 0.389 e. The molecule has 1 aromatic heterocycles. The van der Waals surface area contributed by atoms with Gasteiger partial charge in [-0.25, -0.2) is 4.98 Å². The van der Waals surface area contributed by atoms with Crippen LogP contribution in [-0.2, 0) is 11.3 Å². The SMILES string of the molecule is OC1COCC1NCc1csc(C2CC2)n1. The molecule has 3 rings (SSSR count). The molecule has 1 aliphatic carbocycles. The van der Waals surface area contributed by atoms with Gasteiger partial charge in [0, 0.05) is 17.8 Å². The minimum absolute atomic E-state index is 0.0612. The number of nitrogens with one attached hydrogen (secondary N) is 1. The molecule has 0 radical (unpaired) electrons. The van der Waals surface area contributed by atoms with E-state index in [0.717, 1.165) is 18.2 Å². The Labute approximate surface area is 98.7 Å². The maximum atomic E-state index is 9.57. The van der Waals surface area contributed by atoms with Gasteiger partial charge in [0.05, 0.1) is 36.1 Å². The van der Waals surface area contributed by atoms with Gasteiger partial charge >= 0.3 is 0 Å². The first-order chi connectivity index (χ1) is 7.83. The molecular weight excluding hydrogens is 224 g/mol. The van der Waals surface area contributed by atoms with Crippen LogP contribution >= 0.6 is 11.3 Å². The highest BCUT2D eigenvalue weighted by atomic mass is 32.1. The summed E-state index contributed by atoms with van der Waals surface area (Å²) in [5.74, 6) is 0.735. The zero-order chi connectivity index (χ0) is 11.0. The van der Waals surface area contributed by atoms with Crippen LogP contribution in [0.15, 0.2) is 5.38 Å². The first kappa shape index (κ1) is 10.7. The highest BCUT2D eigenvalue weighted by molar-refractivity contribution is 7.09. The average Bonchev–Trinajstić information content (AvgIpc) is 2.89. The van der Waals surface area contributed by atoms with E-state index in [1.54, 1.807) is 11.3 Å². The summed E-state index contributed by atoms with van der Waals surface area (Å²) in [5.41, 5.74) is 1.09. The highest BCUT2D eigenvalue weighted by Gasteiger charge is 2.28. The molecule has 1 saturated heterocycles. The van der Waals surface area contributed by atoms with Crippen molar-refractivity contribution in [3.63, 3.8) is 0 Å². The molecule has 1 aliphatic heterocycles. The van der Waals surface area contributed by atoms with Crippen molar-refractivity contribution in [2.45, 2.75) is 37.5 Å². The lowest BCUT2D eigenvalue weighted by Gasteiger charge is -2.12. The molecule has 2 atom stereocenters. The summed E-state index contributed by atoms with van der Waals surface area (Å²) < 4.78 is 5.18. The molecule has 1 saturated carbocycles. The van der Waals surface area contributed by atoms with Gasteiger partial charge in [0.25, 0.3) is 0 Å². The van der Waals surface area contributed by atoms with Crippen LogP contribution in [-0.4, -0.2) is 35.5 Å². The van der Waals surface area contributed by atoms with E-state index >= 15 is 0 Å². The number of ether oxygens (including phenoxy) is 1. The lowest BCUT2D eigenvalue weighted by molar-refractivity contribution is 0.122. The summed E-state index contributed by atoms with van der Waals surface area (Å²) in [6.45, 7) is 1.77. The van der Waals surface area contributed by atoms with Gasteiger partial charge in [-0.15, -0.1) is 11.3 Å². The molecule has 2 aliphatic rings. The first-order valence-corrected chi connectivity index (χ1v) is 6.64. The number of aliphatic hydroxyl groups excluding tert-OH is 1. The molecular formula is C11H16N2O2S. The maximum Gasteiger partial charge on any atom is 0.0959 e. The van der Waals surface area contributed by atoms with Gasteiger partial charge in [0.1, 0.15) is 0 Å². The zero-order valence-corrected chi connectivity index (χ0v) is 9.87. The lowest BCUT2D eigenvalue weighted by Crippen LogP contribution is -2.38. The van der Waals surface area contributed by atoms with E-state index in [1.807, 2.05) is 0 Å². The molecule has 88 valence electrons. The Balaban J connectivity index is 1.53. The molecule has 1 aromatic rings. The standard InChI is InChI=1S/C11H16N2O2S/c14-10-5-15-4-9(10)12-3-8-6-16-11(13-8)7-1-2-7/h6-7,9-10,12,14H,1-5H2. The van der Waals surface area contributed by atoms with Crippen LogP contribution in [0.1, 0.15) is 29.5 Å². The fraction of sp³-hybridized carbons (Fsp3) is 0.727. The van der Waals surface area contributed by atoms with Crippen molar-refractivity contribution in [3.05, 3.63) is 16.1 Å². The second kappa shape index (κ2) is 4.41. The molecule has 16 heavy (non-hydrogen) atoms. The van der Waals surface area contributed by atoms with E-state index in [2.05, 4.69) is 15.7 Å². The Bertz CT molecular complexity index is 365. The molecule has 0 bridgehead atoms. The number of hydrogen-bond acceptors (Lipinski definition) is 5. The number of hydrogen-bond donors (Lipinski definition) is 2. The predicted octanol–water partition coefficient (Wildman–Crippen LogP) is 0.870. The van der Waals surface area contributed by atoms with Crippen LogP contribution in [0.2, 0.25) is 0 Å². The van der Waals surface area contributed by atoms with Crippen molar-refractivity contribution in [2.24, 2.45) is 0 Å². The van der Waals surface area contributed by atoms with Gasteiger partial charge in [-0.1, -0.05) is 0 Å². The topological polar surface area (TPSA) is 54.4 Å². The van der Waals surface area contributed by atoms with Crippen LogP contribution in [0.5, 0.6) is 0 Å². The van der Waals surface area contributed by atoms with Crippen LogP contribution < -0.4 is 5.32 Å². The van der Waals surface area contributed by atoms with Crippen LogP contribution in [0.25, 0.3) is 0 Å². The van der Waals surface area contributed by atoms with E-state index in [9.17, 15) is 5.11 Å². The summed E-state index contributed by atoms with van der Waals surface area (Å²) in [6, 6.07) is 0.0612.